The lowest BCUT2D eigenvalue weighted by atomic mass is 9.93. The molecule has 0 spiro atoms. The second kappa shape index (κ2) is 13.0. The first-order valence-corrected chi connectivity index (χ1v) is 11.6. The largest absolute Gasteiger partial charge is 0.508 e. The highest BCUT2D eigenvalue weighted by molar-refractivity contribution is 5.44. The van der Waals surface area contributed by atoms with Crippen LogP contribution in [0.2, 0.25) is 0 Å². The minimum absolute atomic E-state index is 0.0189. The van der Waals surface area contributed by atoms with Gasteiger partial charge in [0.1, 0.15) is 11.6 Å². The molecule has 0 fully saturated rings. The number of rotatable bonds is 13. The first kappa shape index (κ1) is 25.5. The predicted molar refractivity (Wildman–Crippen MR) is 133 cm³/mol. The fourth-order valence-corrected chi connectivity index (χ4v) is 3.67. The standard InChI is InChI=1S/C28H34N2O4/c1-5-25(26-17-24(31)12-11-21(26)2)27-18-30(4)28(29-27)13-14-32-15-16-33-19-22(3)34-20-23-9-7-6-8-10-23/h1,6-12,17-18,22,25,31H,13-16,19-20H2,2-4H3/t22-,25?/m0/s1. The van der Waals surface area contributed by atoms with Gasteiger partial charge < -0.3 is 23.9 Å². The van der Waals surface area contributed by atoms with Crippen LogP contribution in [0.25, 0.3) is 0 Å². The van der Waals surface area contributed by atoms with Gasteiger partial charge >= 0.3 is 0 Å². The van der Waals surface area contributed by atoms with Gasteiger partial charge in [-0.2, -0.15) is 0 Å². The van der Waals surface area contributed by atoms with Gasteiger partial charge in [-0.1, -0.05) is 42.3 Å². The van der Waals surface area contributed by atoms with E-state index in [4.69, 9.17) is 25.6 Å². The van der Waals surface area contributed by atoms with Gasteiger partial charge in [-0.15, -0.1) is 6.42 Å². The van der Waals surface area contributed by atoms with E-state index in [0.29, 0.717) is 39.5 Å². The summed E-state index contributed by atoms with van der Waals surface area (Å²) in [6, 6.07) is 15.3. The average Bonchev–Trinajstić information content (AvgIpc) is 3.20. The number of benzene rings is 2. The molecule has 34 heavy (non-hydrogen) atoms. The summed E-state index contributed by atoms with van der Waals surface area (Å²) in [5, 5.41) is 9.87. The van der Waals surface area contributed by atoms with Crippen molar-refractivity contribution in [3.05, 3.63) is 82.9 Å². The number of aryl methyl sites for hydroxylation is 2. The molecule has 1 unspecified atom stereocenters. The molecule has 0 aliphatic heterocycles. The Hall–Kier alpha value is -3.11. The highest BCUT2D eigenvalue weighted by Crippen LogP contribution is 2.29. The number of nitrogens with zero attached hydrogens (tertiary/aromatic N) is 2. The van der Waals surface area contributed by atoms with E-state index < -0.39 is 0 Å². The van der Waals surface area contributed by atoms with Crippen LogP contribution in [0.1, 0.15) is 41.1 Å². The summed E-state index contributed by atoms with van der Waals surface area (Å²) in [7, 11) is 1.95. The molecule has 0 aliphatic carbocycles. The number of hydrogen-bond acceptors (Lipinski definition) is 5. The van der Waals surface area contributed by atoms with Gasteiger partial charge in [-0.05, 0) is 42.7 Å². The highest BCUT2D eigenvalue weighted by atomic mass is 16.5. The van der Waals surface area contributed by atoms with Gasteiger partial charge in [-0.3, -0.25) is 0 Å². The molecule has 2 aromatic carbocycles. The maximum absolute atomic E-state index is 9.87. The van der Waals surface area contributed by atoms with E-state index in [0.717, 1.165) is 28.2 Å². The quantitative estimate of drug-likeness (QED) is 0.302. The van der Waals surface area contributed by atoms with Crippen LogP contribution >= 0.6 is 0 Å². The van der Waals surface area contributed by atoms with Crippen LogP contribution in [0, 0.1) is 19.3 Å². The lowest BCUT2D eigenvalue weighted by Crippen LogP contribution is -2.18. The van der Waals surface area contributed by atoms with Crippen molar-refractivity contribution in [2.24, 2.45) is 7.05 Å². The van der Waals surface area contributed by atoms with Crippen molar-refractivity contribution in [2.45, 2.75) is 38.9 Å². The summed E-state index contributed by atoms with van der Waals surface area (Å²) < 4.78 is 19.2. The van der Waals surface area contributed by atoms with Gasteiger partial charge in [-0.25, -0.2) is 4.98 Å². The highest BCUT2D eigenvalue weighted by Gasteiger charge is 2.19. The zero-order valence-electron chi connectivity index (χ0n) is 20.2. The van der Waals surface area contributed by atoms with Crippen molar-refractivity contribution in [1.29, 1.82) is 0 Å². The first-order chi connectivity index (χ1) is 16.5. The van der Waals surface area contributed by atoms with Crippen LogP contribution in [0.4, 0.5) is 0 Å². The van der Waals surface area contributed by atoms with Gasteiger partial charge in [0.2, 0.25) is 0 Å². The molecule has 0 aliphatic rings. The number of aromatic hydroxyl groups is 1. The smallest absolute Gasteiger partial charge is 0.115 e. The maximum atomic E-state index is 9.87. The SMILES string of the molecule is C#CC(c1cn(C)c(CCOCCOC[C@H](C)OCc2ccccc2)n1)c1cc(O)ccc1C. The van der Waals surface area contributed by atoms with E-state index in [1.54, 1.807) is 12.1 Å². The molecule has 2 atom stereocenters. The van der Waals surface area contributed by atoms with E-state index >= 15 is 0 Å². The molecule has 1 N–H and O–H groups in total. The normalized spacial score (nSPS) is 12.9. The second-order valence-electron chi connectivity index (χ2n) is 8.38. The lowest BCUT2D eigenvalue weighted by Gasteiger charge is -2.13. The average molecular weight is 463 g/mol. The summed E-state index contributed by atoms with van der Waals surface area (Å²) in [5.41, 5.74) is 3.86. The molecule has 0 radical (unpaired) electrons. The molecular weight excluding hydrogens is 428 g/mol. The number of imidazole rings is 1. The van der Waals surface area contributed by atoms with Gasteiger partial charge in [0.05, 0.1) is 50.8 Å². The van der Waals surface area contributed by atoms with Crippen LogP contribution in [-0.4, -0.2) is 47.2 Å². The third-order valence-electron chi connectivity index (χ3n) is 5.60. The fourth-order valence-electron chi connectivity index (χ4n) is 3.67. The zero-order chi connectivity index (χ0) is 24.3. The molecule has 0 bridgehead atoms. The predicted octanol–water partition coefficient (Wildman–Crippen LogP) is 4.38. The van der Waals surface area contributed by atoms with E-state index in [-0.39, 0.29) is 17.8 Å². The topological polar surface area (TPSA) is 65.7 Å². The Labute approximate surface area is 202 Å². The summed E-state index contributed by atoms with van der Waals surface area (Å²) in [5.74, 6) is 3.60. The molecule has 3 rings (SSSR count). The van der Waals surface area contributed by atoms with Crippen LogP contribution in [-0.2, 0) is 34.3 Å². The number of terminal acetylenes is 1. The van der Waals surface area contributed by atoms with Crippen molar-refractivity contribution >= 4 is 0 Å². The Balaban J connectivity index is 1.37. The number of phenols is 1. The molecule has 0 saturated heterocycles. The third-order valence-corrected chi connectivity index (χ3v) is 5.60. The van der Waals surface area contributed by atoms with Crippen LogP contribution in [0.3, 0.4) is 0 Å². The number of hydrogen-bond donors (Lipinski definition) is 1. The zero-order valence-corrected chi connectivity index (χ0v) is 20.2. The molecule has 180 valence electrons. The van der Waals surface area contributed by atoms with Gasteiger partial charge in [0.25, 0.3) is 0 Å². The Morgan fingerprint density at radius 3 is 2.62 bits per heavy atom. The minimum Gasteiger partial charge on any atom is -0.508 e. The van der Waals surface area contributed by atoms with E-state index in [9.17, 15) is 5.11 Å². The van der Waals surface area contributed by atoms with Gasteiger partial charge in [0.15, 0.2) is 0 Å². The summed E-state index contributed by atoms with van der Waals surface area (Å²) in [6.07, 6.45) is 8.46. The molecule has 1 heterocycles. The molecule has 1 aromatic heterocycles. The van der Waals surface area contributed by atoms with Gasteiger partial charge in [0, 0.05) is 19.7 Å². The maximum Gasteiger partial charge on any atom is 0.115 e. The molecule has 0 amide bonds. The third kappa shape index (κ3) is 7.46. The van der Waals surface area contributed by atoms with Crippen LogP contribution in [0.15, 0.2) is 54.7 Å². The van der Waals surface area contributed by atoms with Crippen molar-refractivity contribution in [3.63, 3.8) is 0 Å². The van der Waals surface area contributed by atoms with E-state index in [2.05, 4.69) is 5.92 Å². The van der Waals surface area contributed by atoms with Crippen molar-refractivity contribution in [1.82, 2.24) is 9.55 Å². The Bertz CT molecular complexity index is 1070. The second-order valence-corrected chi connectivity index (χ2v) is 8.38. The molecule has 3 aromatic rings. The number of ether oxygens (including phenoxy) is 3. The van der Waals surface area contributed by atoms with Crippen LogP contribution in [0.5, 0.6) is 5.75 Å². The van der Waals surface area contributed by atoms with Crippen molar-refractivity contribution in [3.8, 4) is 18.1 Å². The van der Waals surface area contributed by atoms with Crippen molar-refractivity contribution in [2.75, 3.05) is 26.4 Å². The Kier molecular flexibility index (Phi) is 9.72. The summed E-state index contributed by atoms with van der Waals surface area (Å²) in [6.45, 7) is 6.66. The monoisotopic (exact) mass is 462 g/mol. The summed E-state index contributed by atoms with van der Waals surface area (Å²) >= 11 is 0. The lowest BCUT2D eigenvalue weighted by molar-refractivity contribution is -0.0293. The van der Waals surface area contributed by atoms with E-state index in [1.807, 2.05) is 68.1 Å². The Morgan fingerprint density at radius 1 is 1.09 bits per heavy atom. The molecule has 6 nitrogen and oxygen atoms in total. The molecular formula is C28H34N2O4. The molecule has 0 saturated carbocycles. The van der Waals surface area contributed by atoms with Crippen molar-refractivity contribution < 1.29 is 19.3 Å². The minimum atomic E-state index is -0.313. The van der Waals surface area contributed by atoms with Crippen LogP contribution < -0.4 is 0 Å². The number of aromatic nitrogens is 2. The number of phenolic OH excluding ortho intramolecular Hbond substituents is 1. The summed E-state index contributed by atoms with van der Waals surface area (Å²) in [4.78, 5) is 4.74. The molecule has 6 heteroatoms. The fraction of sp³-hybridized carbons (Fsp3) is 0.393. The Morgan fingerprint density at radius 2 is 1.85 bits per heavy atom. The van der Waals surface area contributed by atoms with E-state index in [1.165, 1.54) is 0 Å². The first-order valence-electron chi connectivity index (χ1n) is 11.6.